The van der Waals surface area contributed by atoms with Gasteiger partial charge in [0.05, 0.1) is 28.8 Å². The first-order valence-electron chi connectivity index (χ1n) is 9.87. The van der Waals surface area contributed by atoms with Crippen molar-refractivity contribution in [2.24, 2.45) is 0 Å². The third-order valence-corrected chi connectivity index (χ3v) is 6.10. The summed E-state index contributed by atoms with van der Waals surface area (Å²) in [5.74, 6) is 0. The van der Waals surface area contributed by atoms with Crippen molar-refractivity contribution >= 4 is 29.0 Å². The molecule has 1 aliphatic rings. The zero-order valence-corrected chi connectivity index (χ0v) is 18.2. The number of nitriles is 2. The molecule has 1 unspecified atom stereocenters. The van der Waals surface area contributed by atoms with Crippen LogP contribution in [0.25, 0.3) is 0 Å². The lowest BCUT2D eigenvalue weighted by molar-refractivity contribution is -0.00249. The minimum Gasteiger partial charge on any atom is -0.365 e. The second-order valence-electron chi connectivity index (χ2n) is 8.01. The van der Waals surface area contributed by atoms with E-state index in [0.29, 0.717) is 33.1 Å². The maximum Gasteiger partial charge on any atom is 0.332 e. The molecule has 6 nitrogen and oxygen atoms in total. The van der Waals surface area contributed by atoms with Crippen LogP contribution in [0, 0.1) is 22.7 Å². The summed E-state index contributed by atoms with van der Waals surface area (Å²) in [5, 5.41) is 31.3. The van der Waals surface area contributed by atoms with Crippen LogP contribution in [0.1, 0.15) is 30.5 Å². The molecule has 0 spiro atoms. The SMILES string of the molecule is CC1(C)N(c2ccc(C#N)cc2)C(=O)N(c2ccc(Cl)cc2)C1(O)c1cccc(C#N)c1. The number of rotatable bonds is 3. The van der Waals surface area contributed by atoms with Gasteiger partial charge in [-0.1, -0.05) is 23.7 Å². The molecule has 0 saturated carbocycles. The summed E-state index contributed by atoms with van der Waals surface area (Å²) in [4.78, 5) is 16.7. The van der Waals surface area contributed by atoms with Gasteiger partial charge in [-0.15, -0.1) is 0 Å². The van der Waals surface area contributed by atoms with Gasteiger partial charge in [-0.3, -0.25) is 9.80 Å². The number of nitrogens with zero attached hydrogens (tertiary/aromatic N) is 4. The highest BCUT2D eigenvalue weighted by Gasteiger charge is 2.64. The van der Waals surface area contributed by atoms with Gasteiger partial charge >= 0.3 is 6.03 Å². The van der Waals surface area contributed by atoms with Crippen molar-refractivity contribution in [3.8, 4) is 12.1 Å². The number of benzene rings is 3. The van der Waals surface area contributed by atoms with E-state index in [1.165, 1.54) is 9.80 Å². The van der Waals surface area contributed by atoms with E-state index in [0.717, 1.165) is 0 Å². The highest BCUT2D eigenvalue weighted by molar-refractivity contribution is 6.30. The molecule has 2 amide bonds. The summed E-state index contributed by atoms with van der Waals surface area (Å²) in [6.07, 6.45) is 0. The van der Waals surface area contributed by atoms with Crippen LogP contribution < -0.4 is 9.80 Å². The van der Waals surface area contributed by atoms with E-state index in [2.05, 4.69) is 12.1 Å². The van der Waals surface area contributed by atoms with Crippen LogP contribution in [0.5, 0.6) is 0 Å². The third kappa shape index (κ3) is 3.09. The lowest BCUT2D eigenvalue weighted by atomic mass is 9.83. The Kier molecular flexibility index (Phi) is 5.14. The Hall–Kier alpha value is -3.84. The molecule has 3 aromatic rings. The monoisotopic (exact) mass is 442 g/mol. The van der Waals surface area contributed by atoms with Gasteiger partial charge in [-0.05, 0) is 74.5 Å². The molecule has 158 valence electrons. The molecule has 3 aromatic carbocycles. The number of anilines is 2. The Balaban J connectivity index is 1.96. The fourth-order valence-electron chi connectivity index (χ4n) is 4.20. The second kappa shape index (κ2) is 7.69. The van der Waals surface area contributed by atoms with E-state index in [4.69, 9.17) is 16.9 Å². The van der Waals surface area contributed by atoms with Crippen LogP contribution in [0.15, 0.2) is 72.8 Å². The first-order valence-corrected chi connectivity index (χ1v) is 10.2. The lowest BCUT2D eigenvalue weighted by Gasteiger charge is -2.42. The highest BCUT2D eigenvalue weighted by Crippen LogP contribution is 2.50. The maximum absolute atomic E-state index is 13.8. The van der Waals surface area contributed by atoms with Gasteiger partial charge in [-0.25, -0.2) is 4.79 Å². The summed E-state index contributed by atoms with van der Waals surface area (Å²) >= 11 is 6.05. The molecule has 0 radical (unpaired) electrons. The molecule has 4 rings (SSSR count). The normalized spacial score (nSPS) is 19.5. The van der Waals surface area contributed by atoms with Gasteiger partial charge in [0.2, 0.25) is 0 Å². The molecule has 0 aliphatic carbocycles. The Morgan fingerprint density at radius 3 is 2.00 bits per heavy atom. The summed E-state index contributed by atoms with van der Waals surface area (Å²) in [6, 6.07) is 23.5. The van der Waals surface area contributed by atoms with Gasteiger partial charge < -0.3 is 5.11 Å². The van der Waals surface area contributed by atoms with Gasteiger partial charge in [0.15, 0.2) is 5.72 Å². The third-order valence-electron chi connectivity index (χ3n) is 5.85. The Morgan fingerprint density at radius 1 is 0.844 bits per heavy atom. The van der Waals surface area contributed by atoms with Crippen LogP contribution in [-0.2, 0) is 5.72 Å². The molecule has 1 fully saturated rings. The van der Waals surface area contributed by atoms with Crippen molar-refractivity contribution in [3.05, 3.63) is 94.5 Å². The van der Waals surface area contributed by atoms with Crippen LogP contribution in [0.2, 0.25) is 5.02 Å². The second-order valence-corrected chi connectivity index (χ2v) is 8.45. The summed E-state index contributed by atoms with van der Waals surface area (Å²) in [7, 11) is 0. The fraction of sp³-hybridized carbons (Fsp3) is 0.160. The number of aliphatic hydroxyl groups is 1. The summed E-state index contributed by atoms with van der Waals surface area (Å²) in [5.41, 5.74) is -0.762. The molecule has 1 aliphatic heterocycles. The smallest absolute Gasteiger partial charge is 0.332 e. The van der Waals surface area contributed by atoms with E-state index in [1.54, 1.807) is 86.6 Å². The predicted octanol–water partition coefficient (Wildman–Crippen LogP) is 5.15. The van der Waals surface area contributed by atoms with Crippen LogP contribution in [-0.4, -0.2) is 16.7 Å². The van der Waals surface area contributed by atoms with Crippen LogP contribution in [0.3, 0.4) is 0 Å². The van der Waals surface area contributed by atoms with Crippen molar-refractivity contribution in [3.63, 3.8) is 0 Å². The first-order chi connectivity index (χ1) is 15.2. The Labute approximate surface area is 191 Å². The van der Waals surface area contributed by atoms with Crippen molar-refractivity contribution in [1.82, 2.24) is 0 Å². The molecule has 1 saturated heterocycles. The van der Waals surface area contributed by atoms with E-state index in [-0.39, 0.29) is 0 Å². The zero-order valence-electron chi connectivity index (χ0n) is 17.5. The molecular weight excluding hydrogens is 424 g/mol. The topological polar surface area (TPSA) is 91.4 Å². The fourth-order valence-corrected chi connectivity index (χ4v) is 4.33. The van der Waals surface area contributed by atoms with Gasteiger partial charge in [0.1, 0.15) is 0 Å². The van der Waals surface area contributed by atoms with E-state index in [1.807, 2.05) is 0 Å². The van der Waals surface area contributed by atoms with Gasteiger partial charge in [0.25, 0.3) is 0 Å². The average molecular weight is 443 g/mol. The number of urea groups is 1. The minimum absolute atomic E-state index is 0.368. The molecule has 7 heteroatoms. The first kappa shape index (κ1) is 21.4. The molecule has 0 bridgehead atoms. The van der Waals surface area contributed by atoms with E-state index >= 15 is 0 Å². The average Bonchev–Trinajstić information content (AvgIpc) is 2.96. The number of carbonyl (C=O) groups excluding carboxylic acids is 1. The summed E-state index contributed by atoms with van der Waals surface area (Å²) in [6.45, 7) is 3.52. The standard InChI is InChI=1S/C25H19ClN4O2/c1-24(2)25(32,19-5-3-4-18(14-19)16-28)30(22-12-8-20(26)9-13-22)23(31)29(24)21-10-6-17(15-27)7-11-21/h3-14,32H,1-2H3. The lowest BCUT2D eigenvalue weighted by Crippen LogP contribution is -2.56. The molecule has 32 heavy (non-hydrogen) atoms. The molecular formula is C25H19ClN4O2. The number of halogens is 1. The van der Waals surface area contributed by atoms with E-state index < -0.39 is 17.3 Å². The summed E-state index contributed by atoms with van der Waals surface area (Å²) < 4.78 is 0. The minimum atomic E-state index is -1.82. The highest BCUT2D eigenvalue weighted by atomic mass is 35.5. The number of carbonyl (C=O) groups is 1. The quantitative estimate of drug-likeness (QED) is 0.606. The van der Waals surface area contributed by atoms with Crippen LogP contribution >= 0.6 is 11.6 Å². The van der Waals surface area contributed by atoms with Gasteiger partial charge in [0, 0.05) is 22.0 Å². The number of hydrogen-bond acceptors (Lipinski definition) is 4. The van der Waals surface area contributed by atoms with Crippen molar-refractivity contribution < 1.29 is 9.90 Å². The van der Waals surface area contributed by atoms with E-state index in [9.17, 15) is 15.2 Å². The largest absolute Gasteiger partial charge is 0.365 e. The van der Waals surface area contributed by atoms with Crippen molar-refractivity contribution in [2.45, 2.75) is 25.1 Å². The van der Waals surface area contributed by atoms with Gasteiger partial charge in [-0.2, -0.15) is 10.5 Å². The van der Waals surface area contributed by atoms with Crippen LogP contribution in [0.4, 0.5) is 16.2 Å². The maximum atomic E-state index is 13.8. The predicted molar refractivity (Wildman–Crippen MR) is 122 cm³/mol. The number of amides is 2. The van der Waals surface area contributed by atoms with Crippen molar-refractivity contribution in [2.75, 3.05) is 9.80 Å². The number of hydrogen-bond donors (Lipinski definition) is 1. The Bertz CT molecular complexity index is 1270. The van der Waals surface area contributed by atoms with Crippen molar-refractivity contribution in [1.29, 1.82) is 10.5 Å². The molecule has 1 heterocycles. The molecule has 1 atom stereocenters. The Morgan fingerprint density at radius 2 is 1.41 bits per heavy atom. The molecule has 1 N–H and O–H groups in total. The zero-order chi connectivity index (χ0) is 23.1. The molecule has 0 aromatic heterocycles.